The molecular formula is C9H10BrN3O2. The van der Waals surface area contributed by atoms with Crippen LogP contribution in [0, 0.1) is 5.41 Å². The summed E-state index contributed by atoms with van der Waals surface area (Å²) in [4.78, 5) is 15.1. The first-order valence-corrected chi connectivity index (χ1v) is 4.90. The normalized spacial score (nSPS) is 9.53. The molecule has 0 saturated carbocycles. The summed E-state index contributed by atoms with van der Waals surface area (Å²) >= 11 is 3.04. The number of nitrogens with one attached hydrogen (secondary N) is 2. The molecule has 80 valence electrons. The van der Waals surface area contributed by atoms with Crippen LogP contribution >= 0.6 is 15.9 Å². The van der Waals surface area contributed by atoms with Gasteiger partial charge in [-0.2, -0.15) is 0 Å². The summed E-state index contributed by atoms with van der Waals surface area (Å²) in [6, 6.07) is 1.54. The minimum atomic E-state index is -0.501. The zero-order valence-electron chi connectivity index (χ0n) is 8.30. The van der Waals surface area contributed by atoms with Gasteiger partial charge in [0.05, 0.1) is 7.11 Å². The molecule has 1 aromatic heterocycles. The number of carbonyl (C=O) groups excluding carboxylic acids is 1. The van der Waals surface area contributed by atoms with E-state index in [1.165, 1.54) is 19.4 Å². The van der Waals surface area contributed by atoms with Crippen LogP contribution in [0.4, 0.5) is 5.69 Å². The maximum atomic E-state index is 11.2. The first-order valence-electron chi connectivity index (χ1n) is 4.10. The van der Waals surface area contributed by atoms with Crippen molar-refractivity contribution in [2.45, 2.75) is 0 Å². The second kappa shape index (κ2) is 4.88. The molecule has 0 aliphatic rings. The fourth-order valence-electron chi connectivity index (χ4n) is 1.05. The molecule has 0 aliphatic heterocycles. The second-order valence-electron chi connectivity index (χ2n) is 2.67. The van der Waals surface area contributed by atoms with E-state index in [1.54, 1.807) is 7.05 Å². The van der Waals surface area contributed by atoms with Crippen LogP contribution in [0.5, 0.6) is 0 Å². The van der Waals surface area contributed by atoms with E-state index in [4.69, 9.17) is 5.41 Å². The zero-order valence-corrected chi connectivity index (χ0v) is 9.88. The fraction of sp³-hybridized carbons (Fsp3) is 0.222. The Hall–Kier alpha value is -1.43. The van der Waals surface area contributed by atoms with E-state index < -0.39 is 5.97 Å². The summed E-state index contributed by atoms with van der Waals surface area (Å²) in [6.45, 7) is 0. The number of ether oxygens (including phenoxy) is 1. The van der Waals surface area contributed by atoms with E-state index in [1.807, 2.05) is 0 Å². The Labute approximate surface area is 95.5 Å². The van der Waals surface area contributed by atoms with Crippen molar-refractivity contribution in [1.29, 1.82) is 5.41 Å². The molecule has 5 nitrogen and oxygen atoms in total. The monoisotopic (exact) mass is 271 g/mol. The molecule has 0 amide bonds. The average molecular weight is 272 g/mol. The first kappa shape index (κ1) is 11.6. The lowest BCUT2D eigenvalue weighted by Crippen LogP contribution is -2.07. The number of nitrogens with zero attached hydrogens (tertiary/aromatic N) is 1. The summed E-state index contributed by atoms with van der Waals surface area (Å²) in [5.41, 5.74) is 1.44. The Morgan fingerprint density at radius 3 is 2.80 bits per heavy atom. The summed E-state index contributed by atoms with van der Waals surface area (Å²) < 4.78 is 4.75. The van der Waals surface area contributed by atoms with Crippen molar-refractivity contribution >= 4 is 32.2 Å². The minimum Gasteiger partial charge on any atom is -0.464 e. The van der Waals surface area contributed by atoms with Gasteiger partial charge in [0, 0.05) is 24.5 Å². The molecule has 0 fully saturated rings. The van der Waals surface area contributed by atoms with Gasteiger partial charge in [-0.05, 0) is 22.0 Å². The minimum absolute atomic E-state index is 0.204. The predicted octanol–water partition coefficient (Wildman–Crippen LogP) is 1.63. The Morgan fingerprint density at radius 2 is 2.33 bits per heavy atom. The third kappa shape index (κ3) is 2.53. The number of hydrogen-bond donors (Lipinski definition) is 2. The summed E-state index contributed by atoms with van der Waals surface area (Å²) in [5, 5.41) is 10.3. The third-order valence-electron chi connectivity index (χ3n) is 1.80. The molecule has 0 spiro atoms. The number of methoxy groups -OCH3 is 1. The number of anilines is 1. The molecule has 6 heteroatoms. The summed E-state index contributed by atoms with van der Waals surface area (Å²) in [5.74, 6) is -0.501. The number of carbonyl (C=O) groups is 1. The van der Waals surface area contributed by atoms with E-state index in [9.17, 15) is 4.79 Å². The van der Waals surface area contributed by atoms with E-state index in [0.29, 0.717) is 11.3 Å². The van der Waals surface area contributed by atoms with Crippen LogP contribution in [0.15, 0.2) is 12.3 Å². The van der Waals surface area contributed by atoms with Crippen molar-refractivity contribution < 1.29 is 9.53 Å². The number of aromatic nitrogens is 1. The second-order valence-corrected chi connectivity index (χ2v) is 3.46. The van der Waals surface area contributed by atoms with Gasteiger partial charge < -0.3 is 10.1 Å². The number of pyridine rings is 1. The number of esters is 1. The van der Waals surface area contributed by atoms with Crippen LogP contribution in [0.3, 0.4) is 0 Å². The van der Waals surface area contributed by atoms with Gasteiger partial charge in [0.2, 0.25) is 0 Å². The van der Waals surface area contributed by atoms with Crippen molar-refractivity contribution in [3.63, 3.8) is 0 Å². The molecule has 1 rings (SSSR count). The van der Waals surface area contributed by atoms with Gasteiger partial charge in [0.1, 0.15) is 10.3 Å². The Kier molecular flexibility index (Phi) is 3.79. The molecule has 1 heterocycles. The van der Waals surface area contributed by atoms with Gasteiger partial charge in [-0.3, -0.25) is 5.41 Å². The molecule has 0 bridgehead atoms. The molecule has 0 atom stereocenters. The van der Waals surface area contributed by atoms with Crippen molar-refractivity contribution in [3.8, 4) is 0 Å². The molecule has 0 aromatic carbocycles. The summed E-state index contributed by atoms with van der Waals surface area (Å²) in [6.07, 6.45) is 1.44. The number of hydrogen-bond acceptors (Lipinski definition) is 5. The van der Waals surface area contributed by atoms with E-state index >= 15 is 0 Å². The van der Waals surface area contributed by atoms with Crippen molar-refractivity contribution in [2.75, 3.05) is 19.5 Å². The topological polar surface area (TPSA) is 75.1 Å². The van der Waals surface area contributed by atoms with Crippen molar-refractivity contribution in [3.05, 3.63) is 23.5 Å². The Morgan fingerprint density at radius 1 is 1.67 bits per heavy atom. The maximum Gasteiger partial charge on any atom is 0.356 e. The molecule has 15 heavy (non-hydrogen) atoms. The molecule has 1 aromatic rings. The first-order chi connectivity index (χ1) is 7.10. The standard InChI is InChI=1S/C9H10BrN3O2/c1-12-6-3-7(9(14)15-2)13-4-5(6)8(10)11/h3-4,11H,1-2H3,(H,12,13). The van der Waals surface area contributed by atoms with Gasteiger partial charge in [0.25, 0.3) is 0 Å². The predicted molar refractivity (Wildman–Crippen MR) is 60.9 cm³/mol. The lowest BCUT2D eigenvalue weighted by atomic mass is 10.2. The van der Waals surface area contributed by atoms with Crippen LogP contribution in [-0.2, 0) is 4.74 Å². The van der Waals surface area contributed by atoms with Crippen LogP contribution in [0.2, 0.25) is 0 Å². The van der Waals surface area contributed by atoms with E-state index in [-0.39, 0.29) is 10.3 Å². The zero-order chi connectivity index (χ0) is 11.4. The highest BCUT2D eigenvalue weighted by molar-refractivity contribution is 9.18. The molecular weight excluding hydrogens is 262 g/mol. The highest BCUT2D eigenvalue weighted by Crippen LogP contribution is 2.18. The molecule has 0 saturated heterocycles. The van der Waals surface area contributed by atoms with Crippen LogP contribution in [-0.4, -0.2) is 29.7 Å². The average Bonchev–Trinajstić information content (AvgIpc) is 2.26. The quantitative estimate of drug-likeness (QED) is 0.647. The Balaban J connectivity index is 3.19. The lowest BCUT2D eigenvalue weighted by Gasteiger charge is -2.07. The molecule has 2 N–H and O–H groups in total. The SMILES string of the molecule is CNc1cc(C(=O)OC)ncc1C(=N)Br. The van der Waals surface area contributed by atoms with Crippen LogP contribution in [0.1, 0.15) is 16.1 Å². The maximum absolute atomic E-state index is 11.2. The van der Waals surface area contributed by atoms with Crippen molar-refractivity contribution in [1.82, 2.24) is 4.98 Å². The highest BCUT2D eigenvalue weighted by Gasteiger charge is 2.12. The van der Waals surface area contributed by atoms with Gasteiger partial charge in [-0.25, -0.2) is 9.78 Å². The summed E-state index contributed by atoms with van der Waals surface area (Å²) in [7, 11) is 3.00. The van der Waals surface area contributed by atoms with Gasteiger partial charge in [-0.1, -0.05) is 0 Å². The van der Waals surface area contributed by atoms with Gasteiger partial charge in [-0.15, -0.1) is 0 Å². The van der Waals surface area contributed by atoms with Crippen LogP contribution in [0.25, 0.3) is 0 Å². The van der Waals surface area contributed by atoms with Gasteiger partial charge in [0.15, 0.2) is 0 Å². The van der Waals surface area contributed by atoms with E-state index in [2.05, 4.69) is 31.0 Å². The lowest BCUT2D eigenvalue weighted by molar-refractivity contribution is 0.0594. The van der Waals surface area contributed by atoms with E-state index in [0.717, 1.165) is 0 Å². The molecule has 0 unspecified atom stereocenters. The number of halogens is 1. The third-order valence-corrected chi connectivity index (χ3v) is 2.23. The number of rotatable bonds is 3. The van der Waals surface area contributed by atoms with Crippen LogP contribution < -0.4 is 5.32 Å². The smallest absolute Gasteiger partial charge is 0.356 e. The van der Waals surface area contributed by atoms with Crippen molar-refractivity contribution in [2.24, 2.45) is 0 Å². The fourth-order valence-corrected chi connectivity index (χ4v) is 1.37. The van der Waals surface area contributed by atoms with Gasteiger partial charge >= 0.3 is 5.97 Å². The largest absolute Gasteiger partial charge is 0.464 e. The highest BCUT2D eigenvalue weighted by atomic mass is 79.9. The Bertz CT molecular complexity index is 406. The molecule has 0 aliphatic carbocycles. The molecule has 0 radical (unpaired) electrons.